The fourth-order valence-corrected chi connectivity index (χ4v) is 4.75. The molecule has 8 nitrogen and oxygen atoms in total. The Morgan fingerprint density at radius 1 is 1.41 bits per heavy atom. The SMILES string of the molecule is COC1CNC(C(=O)Nc2ccc(F)c([C@]34COC[C@@]3(F)CSC(N)=N4)c2)CN1. The highest BCUT2D eigenvalue weighted by atomic mass is 32.2. The van der Waals surface area contributed by atoms with Crippen LogP contribution >= 0.6 is 11.8 Å². The van der Waals surface area contributed by atoms with E-state index >= 15 is 4.39 Å². The number of nitrogens with one attached hydrogen (secondary N) is 3. The van der Waals surface area contributed by atoms with Gasteiger partial charge in [-0.05, 0) is 18.2 Å². The number of carbonyl (C=O) groups is 1. The number of anilines is 1. The van der Waals surface area contributed by atoms with Gasteiger partial charge in [0.05, 0.1) is 19.3 Å². The number of carbonyl (C=O) groups excluding carboxylic acids is 1. The van der Waals surface area contributed by atoms with Gasteiger partial charge in [0, 0.05) is 37.2 Å². The number of benzene rings is 1. The summed E-state index contributed by atoms with van der Waals surface area (Å²) in [6, 6.07) is 3.56. The summed E-state index contributed by atoms with van der Waals surface area (Å²) in [5, 5.41) is 9.11. The Morgan fingerprint density at radius 3 is 2.97 bits per heavy atom. The fourth-order valence-electron chi connectivity index (χ4n) is 3.84. The van der Waals surface area contributed by atoms with Gasteiger partial charge < -0.3 is 25.8 Å². The minimum atomic E-state index is -1.88. The normalized spacial score (nSPS) is 34.4. The van der Waals surface area contributed by atoms with Crippen molar-refractivity contribution in [1.82, 2.24) is 10.6 Å². The first kappa shape index (κ1) is 20.5. The Balaban J connectivity index is 1.59. The second kappa shape index (κ2) is 7.80. The first-order valence-electron chi connectivity index (χ1n) is 9.22. The average molecular weight is 427 g/mol. The van der Waals surface area contributed by atoms with Crippen LogP contribution in [0.5, 0.6) is 0 Å². The van der Waals surface area contributed by atoms with E-state index < -0.39 is 23.1 Å². The highest BCUT2D eigenvalue weighted by Crippen LogP contribution is 2.50. The first-order valence-corrected chi connectivity index (χ1v) is 10.2. The summed E-state index contributed by atoms with van der Waals surface area (Å²) in [7, 11) is 1.58. The van der Waals surface area contributed by atoms with Gasteiger partial charge in [0.2, 0.25) is 5.91 Å². The molecule has 2 unspecified atom stereocenters. The van der Waals surface area contributed by atoms with E-state index in [-0.39, 0.29) is 41.8 Å². The summed E-state index contributed by atoms with van der Waals surface area (Å²) in [5.74, 6) is -0.894. The molecule has 0 bridgehead atoms. The Labute approximate surface area is 171 Å². The molecule has 158 valence electrons. The number of amidine groups is 1. The third-order valence-electron chi connectivity index (χ3n) is 5.51. The van der Waals surface area contributed by atoms with E-state index in [9.17, 15) is 9.18 Å². The van der Waals surface area contributed by atoms with Gasteiger partial charge in [0.25, 0.3) is 0 Å². The smallest absolute Gasteiger partial charge is 0.242 e. The zero-order chi connectivity index (χ0) is 20.6. The van der Waals surface area contributed by atoms with Crippen LogP contribution in [0, 0.1) is 5.82 Å². The maximum absolute atomic E-state index is 15.6. The number of hydrogen-bond donors (Lipinski definition) is 4. The van der Waals surface area contributed by atoms with Gasteiger partial charge in [-0.25, -0.2) is 13.8 Å². The third kappa shape index (κ3) is 3.61. The molecule has 3 aliphatic rings. The van der Waals surface area contributed by atoms with E-state index in [2.05, 4.69) is 20.9 Å². The lowest BCUT2D eigenvalue weighted by Gasteiger charge is -2.38. The molecule has 0 saturated carbocycles. The Kier molecular flexibility index (Phi) is 5.51. The molecule has 0 aromatic heterocycles. The molecule has 4 rings (SSSR count). The number of thioether (sulfide) groups is 1. The highest BCUT2D eigenvalue weighted by Gasteiger charge is 2.61. The number of nitrogens with zero attached hydrogens (tertiary/aromatic N) is 1. The molecule has 1 aromatic carbocycles. The predicted octanol–water partition coefficient (Wildman–Crippen LogP) is 0.293. The molecule has 3 aliphatic heterocycles. The van der Waals surface area contributed by atoms with Crippen molar-refractivity contribution in [3.63, 3.8) is 0 Å². The number of methoxy groups -OCH3 is 1. The molecule has 2 fully saturated rings. The maximum Gasteiger partial charge on any atom is 0.242 e. The first-order chi connectivity index (χ1) is 13.9. The second-order valence-electron chi connectivity index (χ2n) is 7.33. The number of aliphatic imine (C=N–C) groups is 1. The topological polar surface area (TPSA) is 110 Å². The summed E-state index contributed by atoms with van der Waals surface area (Å²) in [6.07, 6.45) is -0.164. The van der Waals surface area contributed by atoms with Crippen LogP contribution in [0.25, 0.3) is 0 Å². The standard InChI is InChI=1S/C18H23F2N5O3S/c1-27-14-6-22-13(5-23-14)15(26)24-10-2-3-12(19)11(4-10)18-8-28-7-17(18,20)9-29-16(21)25-18/h2-4,13-14,22-23H,5-9H2,1H3,(H2,21,25)(H,24,26)/t13?,14?,17-,18-/m1/s1. The molecule has 0 aliphatic carbocycles. The zero-order valence-corrected chi connectivity index (χ0v) is 16.7. The average Bonchev–Trinajstić information content (AvgIpc) is 3.06. The summed E-state index contributed by atoms with van der Waals surface area (Å²) >= 11 is 1.08. The molecule has 3 heterocycles. The number of piperazine rings is 1. The summed E-state index contributed by atoms with van der Waals surface area (Å²) in [4.78, 5) is 16.9. The van der Waals surface area contributed by atoms with Crippen LogP contribution in [0.4, 0.5) is 14.5 Å². The number of ether oxygens (including phenoxy) is 2. The number of rotatable bonds is 4. The van der Waals surface area contributed by atoms with Gasteiger partial charge in [0.1, 0.15) is 12.0 Å². The van der Waals surface area contributed by atoms with Crippen molar-refractivity contribution in [1.29, 1.82) is 0 Å². The second-order valence-corrected chi connectivity index (χ2v) is 8.33. The van der Waals surface area contributed by atoms with Crippen molar-refractivity contribution in [2.45, 2.75) is 23.5 Å². The van der Waals surface area contributed by atoms with Crippen molar-refractivity contribution in [3.8, 4) is 0 Å². The predicted molar refractivity (Wildman–Crippen MR) is 106 cm³/mol. The molecule has 2 saturated heterocycles. The van der Waals surface area contributed by atoms with E-state index in [4.69, 9.17) is 15.2 Å². The number of hydrogen-bond acceptors (Lipinski definition) is 8. The van der Waals surface area contributed by atoms with Crippen LogP contribution in [0.1, 0.15) is 5.56 Å². The van der Waals surface area contributed by atoms with Gasteiger partial charge in [0.15, 0.2) is 16.4 Å². The maximum atomic E-state index is 15.6. The number of halogens is 2. The van der Waals surface area contributed by atoms with E-state index in [1.54, 1.807) is 7.11 Å². The molecule has 5 N–H and O–H groups in total. The Hall–Kier alpha value is -1.79. The summed E-state index contributed by atoms with van der Waals surface area (Å²) in [6.45, 7) is 0.540. The fraction of sp³-hybridized carbons (Fsp3) is 0.556. The van der Waals surface area contributed by atoms with Gasteiger partial charge in [-0.1, -0.05) is 11.8 Å². The minimum Gasteiger partial charge on any atom is -0.379 e. The largest absolute Gasteiger partial charge is 0.379 e. The summed E-state index contributed by atoms with van der Waals surface area (Å²) < 4.78 is 40.9. The van der Waals surface area contributed by atoms with Gasteiger partial charge >= 0.3 is 0 Å². The lowest BCUT2D eigenvalue weighted by atomic mass is 9.79. The van der Waals surface area contributed by atoms with E-state index in [1.165, 1.54) is 18.2 Å². The molecule has 29 heavy (non-hydrogen) atoms. The molecule has 1 amide bonds. The van der Waals surface area contributed by atoms with Crippen molar-refractivity contribution < 1.29 is 23.0 Å². The quantitative estimate of drug-likeness (QED) is 0.547. The van der Waals surface area contributed by atoms with Gasteiger partial charge in [-0.2, -0.15) is 0 Å². The number of nitrogens with two attached hydrogens (primary N) is 1. The Bertz CT molecular complexity index is 836. The van der Waals surface area contributed by atoms with Crippen molar-refractivity contribution in [2.75, 3.05) is 44.5 Å². The lowest BCUT2D eigenvalue weighted by Crippen LogP contribution is -2.59. The lowest BCUT2D eigenvalue weighted by molar-refractivity contribution is -0.119. The number of alkyl halides is 1. The minimum absolute atomic E-state index is 0.0210. The van der Waals surface area contributed by atoms with Crippen LogP contribution in [0.2, 0.25) is 0 Å². The van der Waals surface area contributed by atoms with E-state index in [0.29, 0.717) is 18.8 Å². The van der Waals surface area contributed by atoms with Crippen molar-refractivity contribution in [2.24, 2.45) is 10.7 Å². The number of fused-ring (bicyclic) bond motifs is 1. The highest BCUT2D eigenvalue weighted by molar-refractivity contribution is 8.13. The molecule has 4 atom stereocenters. The van der Waals surface area contributed by atoms with Gasteiger partial charge in [-0.15, -0.1) is 0 Å². The molecular formula is C18H23F2N5O3S. The van der Waals surface area contributed by atoms with Crippen LogP contribution in [-0.4, -0.2) is 68.2 Å². The van der Waals surface area contributed by atoms with Crippen LogP contribution in [0.3, 0.4) is 0 Å². The van der Waals surface area contributed by atoms with Crippen LogP contribution < -0.4 is 21.7 Å². The summed E-state index contributed by atoms with van der Waals surface area (Å²) in [5.41, 5.74) is 2.75. The van der Waals surface area contributed by atoms with Crippen molar-refractivity contribution in [3.05, 3.63) is 29.6 Å². The Morgan fingerprint density at radius 2 is 2.24 bits per heavy atom. The van der Waals surface area contributed by atoms with Crippen LogP contribution in [-0.2, 0) is 19.8 Å². The number of amides is 1. The zero-order valence-electron chi connectivity index (χ0n) is 15.8. The molecule has 0 spiro atoms. The van der Waals surface area contributed by atoms with Crippen molar-refractivity contribution >= 4 is 28.5 Å². The van der Waals surface area contributed by atoms with E-state index in [1.807, 2.05) is 0 Å². The molecule has 0 radical (unpaired) electrons. The third-order valence-corrected chi connectivity index (χ3v) is 6.50. The monoisotopic (exact) mass is 427 g/mol. The van der Waals surface area contributed by atoms with Gasteiger partial charge in [-0.3, -0.25) is 10.1 Å². The van der Waals surface area contributed by atoms with Crippen LogP contribution in [0.15, 0.2) is 23.2 Å². The van der Waals surface area contributed by atoms with E-state index in [0.717, 1.165) is 11.8 Å². The molecule has 1 aromatic rings. The molecular weight excluding hydrogens is 404 g/mol. The molecule has 11 heteroatoms.